The molecule has 122 valence electrons. The van der Waals surface area contributed by atoms with Gasteiger partial charge in [0.25, 0.3) is 5.91 Å². The predicted octanol–water partition coefficient (Wildman–Crippen LogP) is 2.40. The monoisotopic (exact) mass is 344 g/mol. The van der Waals surface area contributed by atoms with Crippen LogP contribution in [-0.4, -0.2) is 30.9 Å². The van der Waals surface area contributed by atoms with Crippen molar-refractivity contribution in [1.82, 2.24) is 14.5 Å². The zero-order valence-electron chi connectivity index (χ0n) is 12.6. The van der Waals surface area contributed by atoms with Gasteiger partial charge in [-0.05, 0) is 30.3 Å². The Morgan fingerprint density at radius 3 is 2.75 bits per heavy atom. The first kappa shape index (κ1) is 16.0. The van der Waals surface area contributed by atoms with Gasteiger partial charge in [-0.25, -0.2) is 14.4 Å². The third-order valence-corrected chi connectivity index (χ3v) is 4.23. The van der Waals surface area contributed by atoms with Gasteiger partial charge >= 0.3 is 0 Å². The third kappa shape index (κ3) is 3.38. The molecular weight excluding hydrogens is 331 g/mol. The first-order valence-electron chi connectivity index (χ1n) is 6.93. The normalized spacial score (nSPS) is 11.9. The second-order valence-electron chi connectivity index (χ2n) is 4.93. The van der Waals surface area contributed by atoms with Crippen molar-refractivity contribution in [3.63, 3.8) is 0 Å². The Morgan fingerprint density at radius 2 is 2.08 bits per heavy atom. The van der Waals surface area contributed by atoms with E-state index in [0.29, 0.717) is 11.4 Å². The number of hydrogen-bond acceptors (Lipinski definition) is 4. The Labute approximate surface area is 139 Å². The standard InChI is InChI=1S/C16H13FN4O2S/c1-24(23)14-3-2-12(9-13(14)17)20-16(22)11-4-5-19-15(8-11)21-7-6-18-10-21/h2-10H,1H3,(H,20,22)/t24-/m0/s1. The van der Waals surface area contributed by atoms with Crippen LogP contribution in [0.3, 0.4) is 0 Å². The summed E-state index contributed by atoms with van der Waals surface area (Å²) in [6.07, 6.45) is 7.79. The summed E-state index contributed by atoms with van der Waals surface area (Å²) in [6, 6.07) is 7.21. The van der Waals surface area contributed by atoms with Crippen LogP contribution < -0.4 is 5.32 Å². The summed E-state index contributed by atoms with van der Waals surface area (Å²) in [4.78, 5) is 20.5. The smallest absolute Gasteiger partial charge is 0.255 e. The SMILES string of the molecule is C[S@](=O)c1ccc(NC(=O)c2ccnc(-n3ccnc3)c2)cc1F. The molecule has 6 nitrogen and oxygen atoms in total. The van der Waals surface area contributed by atoms with Crippen molar-refractivity contribution in [2.45, 2.75) is 4.90 Å². The van der Waals surface area contributed by atoms with Gasteiger partial charge in [0.1, 0.15) is 18.0 Å². The Morgan fingerprint density at radius 1 is 1.25 bits per heavy atom. The van der Waals surface area contributed by atoms with Gasteiger partial charge in [0.15, 0.2) is 0 Å². The lowest BCUT2D eigenvalue weighted by Crippen LogP contribution is -2.13. The van der Waals surface area contributed by atoms with E-state index >= 15 is 0 Å². The predicted molar refractivity (Wildman–Crippen MR) is 88.0 cm³/mol. The number of pyridine rings is 1. The fourth-order valence-electron chi connectivity index (χ4n) is 2.11. The number of carbonyl (C=O) groups excluding carboxylic acids is 1. The van der Waals surface area contributed by atoms with Gasteiger partial charge in [0.05, 0.1) is 15.7 Å². The number of hydrogen-bond donors (Lipinski definition) is 1. The maximum absolute atomic E-state index is 13.8. The molecule has 0 aliphatic heterocycles. The molecule has 0 radical (unpaired) electrons. The van der Waals surface area contributed by atoms with Crippen LogP contribution >= 0.6 is 0 Å². The summed E-state index contributed by atoms with van der Waals surface area (Å²) in [6.45, 7) is 0. The quantitative estimate of drug-likeness (QED) is 0.788. The molecule has 24 heavy (non-hydrogen) atoms. The lowest BCUT2D eigenvalue weighted by molar-refractivity contribution is 0.102. The fourth-order valence-corrected chi connectivity index (χ4v) is 2.70. The van der Waals surface area contributed by atoms with E-state index in [-0.39, 0.29) is 10.6 Å². The van der Waals surface area contributed by atoms with Crippen LogP contribution in [0.4, 0.5) is 10.1 Å². The van der Waals surface area contributed by atoms with Crippen molar-refractivity contribution in [3.05, 3.63) is 66.6 Å². The van der Waals surface area contributed by atoms with Gasteiger partial charge in [-0.15, -0.1) is 0 Å². The molecule has 1 N–H and O–H groups in total. The van der Waals surface area contributed by atoms with Crippen molar-refractivity contribution in [2.24, 2.45) is 0 Å². The van der Waals surface area contributed by atoms with E-state index in [9.17, 15) is 13.4 Å². The molecular formula is C16H13FN4O2S. The van der Waals surface area contributed by atoms with E-state index < -0.39 is 22.5 Å². The van der Waals surface area contributed by atoms with E-state index in [2.05, 4.69) is 15.3 Å². The zero-order valence-corrected chi connectivity index (χ0v) is 13.5. The number of amides is 1. The topological polar surface area (TPSA) is 76.9 Å². The van der Waals surface area contributed by atoms with Crippen LogP contribution in [-0.2, 0) is 10.8 Å². The van der Waals surface area contributed by atoms with Crippen LogP contribution in [0.5, 0.6) is 0 Å². The van der Waals surface area contributed by atoms with Crippen molar-refractivity contribution in [2.75, 3.05) is 11.6 Å². The van der Waals surface area contributed by atoms with Crippen molar-refractivity contribution in [1.29, 1.82) is 0 Å². The average Bonchev–Trinajstić information content (AvgIpc) is 3.09. The minimum Gasteiger partial charge on any atom is -0.322 e. The summed E-state index contributed by atoms with van der Waals surface area (Å²) in [5.74, 6) is -0.478. The van der Waals surface area contributed by atoms with Crippen molar-refractivity contribution in [3.8, 4) is 5.82 Å². The molecule has 0 bridgehead atoms. The minimum atomic E-state index is -1.42. The first-order valence-corrected chi connectivity index (χ1v) is 8.49. The van der Waals surface area contributed by atoms with Gasteiger partial charge in [-0.3, -0.25) is 13.6 Å². The highest BCUT2D eigenvalue weighted by molar-refractivity contribution is 7.84. The molecule has 3 aromatic rings. The van der Waals surface area contributed by atoms with Crippen LogP contribution in [0, 0.1) is 5.82 Å². The third-order valence-electron chi connectivity index (χ3n) is 3.28. The molecule has 2 aromatic heterocycles. The zero-order chi connectivity index (χ0) is 17.1. The number of nitrogens with zero attached hydrogens (tertiary/aromatic N) is 3. The average molecular weight is 344 g/mol. The maximum atomic E-state index is 13.8. The number of anilines is 1. The summed E-state index contributed by atoms with van der Waals surface area (Å²) >= 11 is 0. The molecule has 1 amide bonds. The van der Waals surface area contributed by atoms with Gasteiger partial charge in [0.2, 0.25) is 0 Å². The number of rotatable bonds is 4. The highest BCUT2D eigenvalue weighted by Crippen LogP contribution is 2.18. The van der Waals surface area contributed by atoms with Crippen LogP contribution in [0.2, 0.25) is 0 Å². The molecule has 0 fully saturated rings. The second-order valence-corrected chi connectivity index (χ2v) is 6.27. The van der Waals surface area contributed by atoms with E-state index in [0.717, 1.165) is 6.07 Å². The van der Waals surface area contributed by atoms with Crippen LogP contribution in [0.15, 0.2) is 60.1 Å². The van der Waals surface area contributed by atoms with E-state index in [1.807, 2.05) is 0 Å². The number of aromatic nitrogens is 3. The first-order chi connectivity index (χ1) is 11.5. The number of halogens is 1. The minimum absolute atomic E-state index is 0.0966. The summed E-state index contributed by atoms with van der Waals surface area (Å²) in [7, 11) is -1.42. The van der Waals surface area contributed by atoms with Crippen molar-refractivity contribution >= 4 is 22.4 Å². The second kappa shape index (κ2) is 6.71. The van der Waals surface area contributed by atoms with Crippen LogP contribution in [0.1, 0.15) is 10.4 Å². The Balaban J connectivity index is 1.82. The van der Waals surface area contributed by atoms with Crippen LogP contribution in [0.25, 0.3) is 5.82 Å². The van der Waals surface area contributed by atoms with Gasteiger partial charge in [-0.1, -0.05) is 0 Å². The molecule has 0 saturated carbocycles. The van der Waals surface area contributed by atoms with E-state index in [1.165, 1.54) is 24.6 Å². The van der Waals surface area contributed by atoms with E-state index in [1.54, 1.807) is 35.4 Å². The highest BCUT2D eigenvalue weighted by atomic mass is 32.2. The molecule has 0 aliphatic carbocycles. The molecule has 0 spiro atoms. The summed E-state index contributed by atoms with van der Waals surface area (Å²) < 4.78 is 26.8. The Hall–Kier alpha value is -2.87. The molecule has 0 unspecified atom stereocenters. The number of nitrogens with one attached hydrogen (secondary N) is 1. The number of imidazole rings is 1. The maximum Gasteiger partial charge on any atom is 0.255 e. The largest absolute Gasteiger partial charge is 0.322 e. The molecule has 0 saturated heterocycles. The van der Waals surface area contributed by atoms with Gasteiger partial charge in [0, 0.05) is 36.1 Å². The fraction of sp³-hybridized carbons (Fsp3) is 0.0625. The molecule has 0 aliphatic rings. The van der Waals surface area contributed by atoms with Gasteiger partial charge < -0.3 is 5.32 Å². The van der Waals surface area contributed by atoms with Gasteiger partial charge in [-0.2, -0.15) is 0 Å². The lowest BCUT2D eigenvalue weighted by atomic mass is 10.2. The number of benzene rings is 1. The molecule has 3 rings (SSSR count). The van der Waals surface area contributed by atoms with Crippen molar-refractivity contribution < 1.29 is 13.4 Å². The Kier molecular flexibility index (Phi) is 4.48. The highest BCUT2D eigenvalue weighted by Gasteiger charge is 2.11. The number of carbonyl (C=O) groups is 1. The summed E-state index contributed by atoms with van der Waals surface area (Å²) in [5.41, 5.74) is 0.657. The lowest BCUT2D eigenvalue weighted by Gasteiger charge is -2.08. The summed E-state index contributed by atoms with van der Waals surface area (Å²) in [5, 5.41) is 2.61. The van der Waals surface area contributed by atoms with E-state index in [4.69, 9.17) is 0 Å². The molecule has 2 heterocycles. The molecule has 8 heteroatoms. The molecule has 1 atom stereocenters. The Bertz CT molecular complexity index is 912. The molecule has 1 aromatic carbocycles.